The summed E-state index contributed by atoms with van der Waals surface area (Å²) in [6, 6.07) is 4.27. The highest BCUT2D eigenvalue weighted by Crippen LogP contribution is 2.39. The molecule has 10 heteroatoms. The van der Waals surface area contributed by atoms with Crippen molar-refractivity contribution in [2.45, 2.75) is 38.1 Å². The summed E-state index contributed by atoms with van der Waals surface area (Å²) in [5, 5.41) is 14.1. The highest BCUT2D eigenvalue weighted by atomic mass is 16.7. The maximum atomic E-state index is 5.52. The Hall–Kier alpha value is -2.85. The van der Waals surface area contributed by atoms with Crippen LogP contribution in [0.1, 0.15) is 37.8 Å². The van der Waals surface area contributed by atoms with Gasteiger partial charge in [0.15, 0.2) is 5.82 Å². The van der Waals surface area contributed by atoms with E-state index in [1.165, 1.54) is 18.5 Å². The Bertz CT molecular complexity index is 904. The third-order valence-electron chi connectivity index (χ3n) is 5.51. The van der Waals surface area contributed by atoms with Crippen molar-refractivity contribution in [2.75, 3.05) is 48.4 Å². The van der Waals surface area contributed by atoms with E-state index < -0.39 is 0 Å². The van der Waals surface area contributed by atoms with Crippen LogP contribution in [0.4, 0.5) is 23.4 Å². The number of aromatic amines is 1. The van der Waals surface area contributed by atoms with Gasteiger partial charge in [-0.3, -0.25) is 5.10 Å². The standard InChI is InChI=1S/C20H28N8O2/c1-2-14-9-15(30-27-14)12-21-20-23-17(11-19(24-20)28-5-7-29-8-6-28)22-18-10-16(25-26-18)13-3-4-13/h9-11,13-14,27H,2-8,12H2,1H3,(H3,21,22,23,24,25,26). The number of rotatable bonds is 8. The predicted octanol–water partition coefficient (Wildman–Crippen LogP) is 2.27. The minimum absolute atomic E-state index is 0.250. The van der Waals surface area contributed by atoms with Gasteiger partial charge in [0.25, 0.3) is 0 Å². The van der Waals surface area contributed by atoms with E-state index in [1.54, 1.807) is 0 Å². The summed E-state index contributed by atoms with van der Waals surface area (Å²) in [4.78, 5) is 17.1. The minimum atomic E-state index is 0.250. The molecule has 2 aromatic rings. The SMILES string of the molecule is CCC1C=C(CNc2nc(Nc3cc(C4CC4)[nH]n3)cc(N3CCOCC3)n2)ON1. The molecule has 0 spiro atoms. The van der Waals surface area contributed by atoms with E-state index in [0.29, 0.717) is 37.4 Å². The molecule has 4 heterocycles. The summed E-state index contributed by atoms with van der Waals surface area (Å²) in [5.74, 6) is 4.35. The Morgan fingerprint density at radius 2 is 2.03 bits per heavy atom. The van der Waals surface area contributed by atoms with Crippen LogP contribution >= 0.6 is 0 Å². The zero-order valence-corrected chi connectivity index (χ0v) is 17.1. The number of anilines is 4. The Balaban J connectivity index is 1.33. The van der Waals surface area contributed by atoms with Gasteiger partial charge in [0, 0.05) is 36.8 Å². The summed E-state index contributed by atoms with van der Waals surface area (Å²) in [6.07, 6.45) is 5.53. The number of hydrogen-bond acceptors (Lipinski definition) is 9. The van der Waals surface area contributed by atoms with E-state index in [-0.39, 0.29) is 6.04 Å². The van der Waals surface area contributed by atoms with Gasteiger partial charge in [0.2, 0.25) is 5.95 Å². The van der Waals surface area contributed by atoms with Crippen molar-refractivity contribution in [3.63, 3.8) is 0 Å². The molecule has 1 saturated carbocycles. The van der Waals surface area contributed by atoms with Crippen LogP contribution in [0, 0.1) is 0 Å². The summed E-state index contributed by atoms with van der Waals surface area (Å²) in [5.41, 5.74) is 4.18. The van der Waals surface area contributed by atoms with Crippen LogP contribution in [0.25, 0.3) is 0 Å². The van der Waals surface area contributed by atoms with Gasteiger partial charge in [-0.2, -0.15) is 20.5 Å². The van der Waals surface area contributed by atoms with Crippen LogP contribution in [-0.4, -0.2) is 59.1 Å². The van der Waals surface area contributed by atoms with Crippen molar-refractivity contribution < 1.29 is 9.57 Å². The van der Waals surface area contributed by atoms with Gasteiger partial charge in [0.05, 0.1) is 25.8 Å². The van der Waals surface area contributed by atoms with E-state index >= 15 is 0 Å². The molecular formula is C20H28N8O2. The number of morpholine rings is 1. The molecule has 2 fully saturated rings. The smallest absolute Gasteiger partial charge is 0.227 e. The fourth-order valence-corrected chi connectivity index (χ4v) is 3.57. The van der Waals surface area contributed by atoms with Gasteiger partial charge in [-0.25, -0.2) is 0 Å². The average Bonchev–Trinajstić information content (AvgIpc) is 3.35. The van der Waals surface area contributed by atoms with Crippen molar-refractivity contribution in [2.24, 2.45) is 0 Å². The lowest BCUT2D eigenvalue weighted by Crippen LogP contribution is -2.37. The molecule has 0 bridgehead atoms. The second-order valence-electron chi connectivity index (χ2n) is 7.86. The lowest BCUT2D eigenvalue weighted by Gasteiger charge is -2.28. The first-order chi connectivity index (χ1) is 14.8. The molecular weight excluding hydrogens is 384 g/mol. The van der Waals surface area contributed by atoms with Crippen molar-refractivity contribution in [1.82, 2.24) is 25.6 Å². The van der Waals surface area contributed by atoms with Crippen molar-refractivity contribution >= 4 is 23.4 Å². The summed E-state index contributed by atoms with van der Waals surface area (Å²) in [7, 11) is 0. The van der Waals surface area contributed by atoms with Gasteiger partial charge in [-0.05, 0) is 25.3 Å². The van der Waals surface area contributed by atoms with Gasteiger partial charge in [-0.1, -0.05) is 6.92 Å². The molecule has 0 aromatic carbocycles. The van der Waals surface area contributed by atoms with Crippen LogP contribution in [0.2, 0.25) is 0 Å². The number of hydrogen-bond donors (Lipinski definition) is 4. The lowest BCUT2D eigenvalue weighted by molar-refractivity contribution is 0.115. The number of ether oxygens (including phenoxy) is 1. The number of nitrogens with one attached hydrogen (secondary N) is 4. The number of nitrogens with zero attached hydrogens (tertiary/aromatic N) is 4. The van der Waals surface area contributed by atoms with Gasteiger partial charge in [-0.15, -0.1) is 0 Å². The largest absolute Gasteiger partial charge is 0.411 e. The molecule has 1 saturated heterocycles. The maximum absolute atomic E-state index is 5.52. The quantitative estimate of drug-likeness (QED) is 0.519. The molecule has 5 rings (SSSR count). The first-order valence-electron chi connectivity index (χ1n) is 10.7. The molecule has 1 atom stereocenters. The molecule has 2 aliphatic heterocycles. The van der Waals surface area contributed by atoms with Gasteiger partial charge >= 0.3 is 0 Å². The molecule has 0 radical (unpaired) electrons. The first kappa shape index (κ1) is 19.1. The minimum Gasteiger partial charge on any atom is -0.411 e. The monoisotopic (exact) mass is 412 g/mol. The Morgan fingerprint density at radius 3 is 2.80 bits per heavy atom. The number of aromatic nitrogens is 4. The molecule has 10 nitrogen and oxygen atoms in total. The molecule has 4 N–H and O–H groups in total. The highest BCUT2D eigenvalue weighted by Gasteiger charge is 2.25. The summed E-state index contributed by atoms with van der Waals surface area (Å²) >= 11 is 0. The van der Waals surface area contributed by atoms with E-state index in [4.69, 9.17) is 14.6 Å². The molecule has 30 heavy (non-hydrogen) atoms. The van der Waals surface area contributed by atoms with Crippen molar-refractivity contribution in [3.8, 4) is 0 Å². The zero-order chi connectivity index (χ0) is 20.3. The maximum Gasteiger partial charge on any atom is 0.227 e. The second-order valence-corrected chi connectivity index (χ2v) is 7.86. The van der Waals surface area contributed by atoms with Crippen LogP contribution < -0.4 is 21.0 Å². The third kappa shape index (κ3) is 4.49. The second kappa shape index (κ2) is 8.49. The predicted molar refractivity (Wildman–Crippen MR) is 114 cm³/mol. The van der Waals surface area contributed by atoms with Crippen molar-refractivity contribution in [3.05, 3.63) is 29.7 Å². The fourth-order valence-electron chi connectivity index (χ4n) is 3.57. The third-order valence-corrected chi connectivity index (χ3v) is 5.51. The Kier molecular flexibility index (Phi) is 5.41. The molecule has 3 aliphatic rings. The molecule has 2 aromatic heterocycles. The van der Waals surface area contributed by atoms with E-state index in [9.17, 15) is 0 Å². The van der Waals surface area contributed by atoms with Crippen molar-refractivity contribution in [1.29, 1.82) is 0 Å². The van der Waals surface area contributed by atoms with Gasteiger partial charge < -0.3 is 25.1 Å². The van der Waals surface area contributed by atoms with Crippen LogP contribution in [0.5, 0.6) is 0 Å². The summed E-state index contributed by atoms with van der Waals surface area (Å²) < 4.78 is 5.48. The molecule has 1 aliphatic carbocycles. The highest BCUT2D eigenvalue weighted by molar-refractivity contribution is 5.60. The lowest BCUT2D eigenvalue weighted by atomic mass is 10.2. The van der Waals surface area contributed by atoms with Crippen LogP contribution in [0.15, 0.2) is 24.0 Å². The van der Waals surface area contributed by atoms with E-state index in [2.05, 4.69) is 55.3 Å². The van der Waals surface area contributed by atoms with Crippen LogP contribution in [-0.2, 0) is 9.57 Å². The molecule has 160 valence electrons. The summed E-state index contributed by atoms with van der Waals surface area (Å²) in [6.45, 7) is 5.64. The van der Waals surface area contributed by atoms with E-state index in [1.807, 2.05) is 6.07 Å². The first-order valence-corrected chi connectivity index (χ1v) is 10.7. The molecule has 0 amide bonds. The Labute approximate surface area is 175 Å². The van der Waals surface area contributed by atoms with E-state index in [0.717, 1.165) is 36.9 Å². The molecule has 1 unspecified atom stereocenters. The topological polar surface area (TPSA) is 112 Å². The zero-order valence-electron chi connectivity index (χ0n) is 17.1. The normalized spacial score (nSPS) is 21.3. The van der Waals surface area contributed by atoms with Gasteiger partial charge in [0.1, 0.15) is 17.4 Å². The fraction of sp³-hybridized carbons (Fsp3) is 0.550. The average molecular weight is 412 g/mol. The number of hydroxylamine groups is 1. The van der Waals surface area contributed by atoms with Crippen LogP contribution in [0.3, 0.4) is 0 Å². The Morgan fingerprint density at radius 1 is 1.17 bits per heavy atom. The number of H-pyrrole nitrogens is 1.